The first-order valence-electron chi connectivity index (χ1n) is 14.7. The molecule has 0 N–H and O–H groups in total. The maximum absolute atomic E-state index is 15.6. The molecule has 0 saturated heterocycles. The summed E-state index contributed by atoms with van der Waals surface area (Å²) in [6.45, 7) is -1.02. The van der Waals surface area contributed by atoms with Gasteiger partial charge in [0.25, 0.3) is 0 Å². The smallest absolute Gasteiger partial charge is 0.208 e. The third kappa shape index (κ3) is 4.52. The molecule has 214 valence electrons. The third-order valence-electron chi connectivity index (χ3n) is 8.30. The summed E-state index contributed by atoms with van der Waals surface area (Å²) in [5.41, 5.74) is 5.62. The molecule has 2 nitrogen and oxygen atoms in total. The van der Waals surface area contributed by atoms with Crippen molar-refractivity contribution in [2.45, 2.75) is 11.8 Å². The molecule has 0 atom stereocenters. The van der Waals surface area contributed by atoms with E-state index in [2.05, 4.69) is 54.6 Å². The van der Waals surface area contributed by atoms with E-state index in [1.165, 1.54) is 0 Å². The summed E-state index contributed by atoms with van der Waals surface area (Å²) in [4.78, 5) is 0.301. The lowest BCUT2D eigenvalue weighted by Crippen LogP contribution is -2.38. The van der Waals surface area contributed by atoms with E-state index < -0.39 is 16.7 Å². The molecule has 0 aliphatic carbocycles. The highest BCUT2D eigenvalue weighted by Crippen LogP contribution is 2.57. The minimum atomic E-state index is -4.06. The fourth-order valence-corrected chi connectivity index (χ4v) is 14.5. The molecule has 0 bridgehead atoms. The summed E-state index contributed by atoms with van der Waals surface area (Å²) < 4.78 is 31.6. The number of sulfone groups is 1. The molecule has 0 saturated carbocycles. The average molecular weight is 607 g/mol. The Labute approximate surface area is 259 Å². The second-order valence-corrected chi connectivity index (χ2v) is 16.5. The van der Waals surface area contributed by atoms with Gasteiger partial charge in [-0.2, -0.15) is 0 Å². The molecular weight excluding hydrogens is 575 g/mol. The van der Waals surface area contributed by atoms with Gasteiger partial charge in [0, 0.05) is 5.57 Å². The Hall–Kier alpha value is -4.69. The SMILES string of the molecule is Cc1ccc(S(=O)(=O)C2=P(c3ccccc3)(c3ccccc3)c3ccccc3C(c3ccccc3)=C2c2ccccc2)cc1. The topological polar surface area (TPSA) is 34.1 Å². The van der Waals surface area contributed by atoms with Gasteiger partial charge in [0.1, 0.15) is 0 Å². The van der Waals surface area contributed by atoms with E-state index in [4.69, 9.17) is 0 Å². The van der Waals surface area contributed by atoms with Crippen molar-refractivity contribution in [2.75, 3.05) is 0 Å². The highest BCUT2D eigenvalue weighted by atomic mass is 32.2. The van der Waals surface area contributed by atoms with Crippen molar-refractivity contribution in [1.82, 2.24) is 0 Å². The number of hydrogen-bond donors (Lipinski definition) is 0. The highest BCUT2D eigenvalue weighted by molar-refractivity contribution is 8.21. The fourth-order valence-electron chi connectivity index (χ4n) is 6.38. The second kappa shape index (κ2) is 11.4. The Kier molecular flexibility index (Phi) is 7.30. The molecule has 44 heavy (non-hydrogen) atoms. The molecule has 1 heterocycles. The predicted molar refractivity (Wildman–Crippen MR) is 187 cm³/mol. The number of fused-ring (bicyclic) bond motifs is 1. The van der Waals surface area contributed by atoms with E-state index in [1.807, 2.05) is 110 Å². The zero-order valence-corrected chi connectivity index (χ0v) is 26.0. The monoisotopic (exact) mass is 606 g/mol. The zero-order valence-electron chi connectivity index (χ0n) is 24.3. The lowest BCUT2D eigenvalue weighted by molar-refractivity contribution is 0.608. The van der Waals surface area contributed by atoms with Crippen molar-refractivity contribution >= 4 is 48.4 Å². The van der Waals surface area contributed by atoms with Crippen molar-refractivity contribution < 1.29 is 8.42 Å². The van der Waals surface area contributed by atoms with Gasteiger partial charge in [0.05, 0.1) is 9.52 Å². The van der Waals surface area contributed by atoms with Gasteiger partial charge in [-0.05, 0) is 64.1 Å². The average Bonchev–Trinajstić information content (AvgIpc) is 3.09. The molecule has 6 aromatic carbocycles. The Morgan fingerprint density at radius 1 is 0.455 bits per heavy atom. The van der Waals surface area contributed by atoms with Crippen LogP contribution in [0.5, 0.6) is 0 Å². The summed E-state index contributed by atoms with van der Waals surface area (Å²) >= 11 is 0. The van der Waals surface area contributed by atoms with E-state index >= 15 is 8.42 Å². The Balaban J connectivity index is 1.84. The molecule has 0 aromatic heterocycles. The van der Waals surface area contributed by atoms with Gasteiger partial charge >= 0.3 is 0 Å². The van der Waals surface area contributed by atoms with Crippen molar-refractivity contribution in [2.24, 2.45) is 0 Å². The van der Waals surface area contributed by atoms with Crippen LogP contribution >= 0.6 is 6.89 Å². The van der Waals surface area contributed by atoms with Gasteiger partial charge in [-0.1, -0.05) is 163 Å². The van der Waals surface area contributed by atoms with E-state index in [1.54, 1.807) is 12.1 Å². The van der Waals surface area contributed by atoms with E-state index in [0.717, 1.165) is 49.3 Å². The summed E-state index contributed by atoms with van der Waals surface area (Å²) in [5.74, 6) is 0. The summed E-state index contributed by atoms with van der Waals surface area (Å²) in [6, 6.07) is 56.5. The molecule has 0 spiro atoms. The van der Waals surface area contributed by atoms with Crippen LogP contribution in [-0.2, 0) is 9.84 Å². The van der Waals surface area contributed by atoms with Gasteiger partial charge in [0.15, 0.2) is 0 Å². The van der Waals surface area contributed by atoms with Gasteiger partial charge in [-0.3, -0.25) is 0 Å². The van der Waals surface area contributed by atoms with Crippen LogP contribution in [0, 0.1) is 6.92 Å². The standard InChI is InChI=1S/C40H31O2PS/c1-30-26-28-35(29-27-30)44(41,42)40-39(32-18-8-3-9-19-32)38(31-16-6-2-7-17-31)36-24-14-15-25-37(36)43(40,33-20-10-4-11-21-33)34-22-12-5-13-23-34/h2-29H,1H3. The summed E-state index contributed by atoms with van der Waals surface area (Å²) in [5, 5.41) is 3.05. The summed E-state index contributed by atoms with van der Waals surface area (Å²) in [6.07, 6.45) is 0. The van der Waals surface area contributed by atoms with Crippen molar-refractivity contribution in [3.63, 3.8) is 0 Å². The second-order valence-electron chi connectivity index (χ2n) is 11.0. The van der Waals surface area contributed by atoms with Crippen LogP contribution in [0.2, 0.25) is 0 Å². The maximum atomic E-state index is 15.6. The molecule has 0 amide bonds. The maximum Gasteiger partial charge on any atom is 0.208 e. The van der Waals surface area contributed by atoms with Crippen molar-refractivity contribution in [3.05, 3.63) is 192 Å². The van der Waals surface area contributed by atoms with Crippen LogP contribution in [-0.4, -0.2) is 13.0 Å². The van der Waals surface area contributed by atoms with E-state index in [-0.39, 0.29) is 0 Å². The molecule has 0 fully saturated rings. The minimum Gasteiger partial charge on any atom is -0.218 e. The number of benzene rings is 6. The van der Waals surface area contributed by atoms with Gasteiger partial charge in [0.2, 0.25) is 9.84 Å². The number of aryl methyl sites for hydroxylation is 1. The normalized spacial score (nSPS) is 14.2. The quantitative estimate of drug-likeness (QED) is 0.181. The first kappa shape index (κ1) is 28.1. The fraction of sp³-hybridized carbons (Fsp3) is 0.0250. The van der Waals surface area contributed by atoms with E-state index in [9.17, 15) is 0 Å². The van der Waals surface area contributed by atoms with Crippen LogP contribution in [0.25, 0.3) is 11.1 Å². The van der Waals surface area contributed by atoms with Crippen LogP contribution in [0.3, 0.4) is 0 Å². The van der Waals surface area contributed by atoms with Crippen molar-refractivity contribution in [3.8, 4) is 0 Å². The molecule has 4 heteroatoms. The molecule has 1 aliphatic rings. The van der Waals surface area contributed by atoms with E-state index in [0.29, 0.717) is 9.52 Å². The molecule has 0 unspecified atom stereocenters. The number of rotatable bonds is 6. The lowest BCUT2D eigenvalue weighted by atomic mass is 9.90. The number of hydrogen-bond acceptors (Lipinski definition) is 2. The lowest BCUT2D eigenvalue weighted by Gasteiger charge is -2.39. The van der Waals surface area contributed by atoms with Gasteiger partial charge in [-0.15, -0.1) is 0 Å². The molecular formula is C40H31O2PS. The van der Waals surface area contributed by atoms with Crippen LogP contribution in [0.1, 0.15) is 22.3 Å². The van der Waals surface area contributed by atoms with Crippen LogP contribution < -0.4 is 15.9 Å². The predicted octanol–water partition coefficient (Wildman–Crippen LogP) is 7.87. The minimum absolute atomic E-state index is 0.301. The Morgan fingerprint density at radius 2 is 0.886 bits per heavy atom. The molecule has 0 radical (unpaired) electrons. The molecule has 6 aromatic rings. The highest BCUT2D eigenvalue weighted by Gasteiger charge is 2.44. The molecule has 7 rings (SSSR count). The Bertz CT molecular complexity index is 2110. The Morgan fingerprint density at radius 3 is 1.41 bits per heavy atom. The first-order chi connectivity index (χ1) is 21.5. The van der Waals surface area contributed by atoms with Gasteiger partial charge in [-0.25, -0.2) is 8.42 Å². The largest absolute Gasteiger partial charge is 0.218 e. The zero-order chi connectivity index (χ0) is 30.1. The van der Waals surface area contributed by atoms with Crippen molar-refractivity contribution in [1.29, 1.82) is 0 Å². The summed E-state index contributed by atoms with van der Waals surface area (Å²) in [7, 11) is -4.06. The van der Waals surface area contributed by atoms with Crippen LogP contribution in [0.4, 0.5) is 0 Å². The van der Waals surface area contributed by atoms with Crippen LogP contribution in [0.15, 0.2) is 175 Å². The first-order valence-corrected chi connectivity index (χ1v) is 17.9. The van der Waals surface area contributed by atoms with Gasteiger partial charge < -0.3 is 0 Å². The molecule has 1 aliphatic heterocycles. The third-order valence-corrected chi connectivity index (χ3v) is 15.5.